The first-order valence-corrected chi connectivity index (χ1v) is 8.32. The second-order valence-electron chi connectivity index (χ2n) is 5.89. The van der Waals surface area contributed by atoms with Crippen LogP contribution in [0.5, 0.6) is 11.5 Å². The van der Waals surface area contributed by atoms with Crippen LogP contribution in [0, 0.1) is 10.1 Å². The van der Waals surface area contributed by atoms with E-state index in [0.29, 0.717) is 5.82 Å². The molecule has 2 aromatic rings. The number of carbonyl (C=O) groups is 1. The summed E-state index contributed by atoms with van der Waals surface area (Å²) < 4.78 is 10.2. The van der Waals surface area contributed by atoms with Crippen LogP contribution in [0.15, 0.2) is 24.5 Å². The molecule has 10 nitrogen and oxygen atoms in total. The van der Waals surface area contributed by atoms with Crippen LogP contribution in [-0.4, -0.2) is 48.1 Å². The maximum absolute atomic E-state index is 12.7. The Hall–Kier alpha value is -3.43. The lowest BCUT2D eigenvalue weighted by Gasteiger charge is -2.16. The zero-order valence-corrected chi connectivity index (χ0v) is 15.0. The van der Waals surface area contributed by atoms with Crippen molar-refractivity contribution in [1.29, 1.82) is 0 Å². The lowest BCUT2D eigenvalue weighted by molar-refractivity contribution is -0.385. The third kappa shape index (κ3) is 3.89. The second kappa shape index (κ2) is 7.85. The molecule has 0 radical (unpaired) electrons. The molecule has 1 amide bonds. The van der Waals surface area contributed by atoms with E-state index in [2.05, 4.69) is 20.2 Å². The lowest BCUT2D eigenvalue weighted by Crippen LogP contribution is -2.20. The fourth-order valence-corrected chi connectivity index (χ4v) is 2.92. The van der Waals surface area contributed by atoms with Crippen LogP contribution in [0.3, 0.4) is 0 Å². The van der Waals surface area contributed by atoms with E-state index in [1.54, 1.807) is 6.07 Å². The smallest absolute Gasteiger partial charge is 0.286 e. The summed E-state index contributed by atoms with van der Waals surface area (Å²) in [6.07, 6.45) is 3.53. The van der Waals surface area contributed by atoms with Gasteiger partial charge in [0.1, 0.15) is 23.5 Å². The van der Waals surface area contributed by atoms with Gasteiger partial charge in [-0.05, 0) is 12.8 Å². The van der Waals surface area contributed by atoms with Crippen LogP contribution in [0.4, 0.5) is 17.3 Å². The normalized spacial score (nSPS) is 13.3. The van der Waals surface area contributed by atoms with Crippen molar-refractivity contribution >= 4 is 23.2 Å². The van der Waals surface area contributed by atoms with Gasteiger partial charge in [-0.1, -0.05) is 0 Å². The number of anilines is 2. The lowest BCUT2D eigenvalue weighted by atomic mass is 10.1. The van der Waals surface area contributed by atoms with E-state index in [4.69, 9.17) is 9.47 Å². The highest BCUT2D eigenvalue weighted by Gasteiger charge is 2.25. The van der Waals surface area contributed by atoms with Gasteiger partial charge in [0.25, 0.3) is 11.6 Å². The molecule has 1 N–H and O–H groups in total. The van der Waals surface area contributed by atoms with E-state index in [9.17, 15) is 14.9 Å². The van der Waals surface area contributed by atoms with E-state index in [1.165, 1.54) is 26.6 Å². The van der Waals surface area contributed by atoms with Crippen molar-refractivity contribution in [2.24, 2.45) is 0 Å². The standard InChI is InChI=1S/C17H19N5O5/c1-26-13-7-11(12(22(24)25)8-14(13)27-2)17(23)20-15-9-16(19-10-18-15)21-5-3-4-6-21/h7-10H,3-6H2,1-2H3,(H,18,19,20,23). The van der Waals surface area contributed by atoms with Crippen LogP contribution in [0.25, 0.3) is 0 Å². The van der Waals surface area contributed by atoms with Crippen LogP contribution in [-0.2, 0) is 0 Å². The average Bonchev–Trinajstić information content (AvgIpc) is 3.21. The van der Waals surface area contributed by atoms with Gasteiger partial charge in [-0.15, -0.1) is 0 Å². The van der Waals surface area contributed by atoms with Crippen molar-refractivity contribution < 1.29 is 19.2 Å². The third-order valence-electron chi connectivity index (χ3n) is 4.27. The number of nitrogens with one attached hydrogen (secondary N) is 1. The maximum Gasteiger partial charge on any atom is 0.286 e. The molecule has 1 aliphatic rings. The molecule has 0 unspecified atom stereocenters. The molecule has 27 heavy (non-hydrogen) atoms. The van der Waals surface area contributed by atoms with Crippen molar-refractivity contribution in [3.05, 3.63) is 40.2 Å². The zero-order valence-electron chi connectivity index (χ0n) is 15.0. The first kappa shape index (κ1) is 18.4. The number of amides is 1. The fraction of sp³-hybridized carbons (Fsp3) is 0.353. The monoisotopic (exact) mass is 373 g/mol. The topological polar surface area (TPSA) is 120 Å². The molecule has 2 heterocycles. The Bertz CT molecular complexity index is 867. The maximum atomic E-state index is 12.7. The Morgan fingerprint density at radius 3 is 2.44 bits per heavy atom. The van der Waals surface area contributed by atoms with Crippen LogP contribution < -0.4 is 19.7 Å². The number of methoxy groups -OCH3 is 2. The number of hydrogen-bond donors (Lipinski definition) is 1. The second-order valence-corrected chi connectivity index (χ2v) is 5.89. The molecule has 0 bridgehead atoms. The number of nitro groups is 1. The van der Waals surface area contributed by atoms with Gasteiger partial charge in [0.05, 0.1) is 25.2 Å². The van der Waals surface area contributed by atoms with E-state index >= 15 is 0 Å². The Labute approximate surface area is 155 Å². The molecular weight excluding hydrogens is 354 g/mol. The Morgan fingerprint density at radius 1 is 1.15 bits per heavy atom. The summed E-state index contributed by atoms with van der Waals surface area (Å²) in [5.41, 5.74) is -0.544. The Morgan fingerprint density at radius 2 is 1.81 bits per heavy atom. The van der Waals surface area contributed by atoms with Gasteiger partial charge in [-0.2, -0.15) is 0 Å². The number of benzene rings is 1. The van der Waals surface area contributed by atoms with Crippen molar-refractivity contribution in [3.63, 3.8) is 0 Å². The predicted molar refractivity (Wildman–Crippen MR) is 97.6 cm³/mol. The number of nitrogens with zero attached hydrogens (tertiary/aromatic N) is 4. The number of aromatic nitrogens is 2. The molecule has 1 aromatic heterocycles. The molecule has 0 aliphatic carbocycles. The van der Waals surface area contributed by atoms with Gasteiger partial charge in [-0.25, -0.2) is 9.97 Å². The summed E-state index contributed by atoms with van der Waals surface area (Å²) in [6.45, 7) is 1.79. The molecule has 1 fully saturated rings. The van der Waals surface area contributed by atoms with E-state index < -0.39 is 10.8 Å². The molecule has 10 heteroatoms. The molecule has 0 atom stereocenters. The summed E-state index contributed by atoms with van der Waals surface area (Å²) in [4.78, 5) is 33.7. The summed E-state index contributed by atoms with van der Waals surface area (Å²) >= 11 is 0. The summed E-state index contributed by atoms with van der Waals surface area (Å²) in [7, 11) is 2.75. The minimum Gasteiger partial charge on any atom is -0.493 e. The van der Waals surface area contributed by atoms with E-state index in [1.807, 2.05) is 0 Å². The van der Waals surface area contributed by atoms with Gasteiger partial charge in [0.2, 0.25) is 0 Å². The molecular formula is C17H19N5O5. The van der Waals surface area contributed by atoms with Crippen molar-refractivity contribution in [2.45, 2.75) is 12.8 Å². The summed E-state index contributed by atoms with van der Waals surface area (Å²) in [6, 6.07) is 4.08. The number of hydrogen-bond acceptors (Lipinski definition) is 8. The number of nitro benzene ring substituents is 1. The number of carbonyl (C=O) groups excluding carboxylic acids is 1. The largest absolute Gasteiger partial charge is 0.493 e. The third-order valence-corrected chi connectivity index (χ3v) is 4.27. The molecule has 1 saturated heterocycles. The molecule has 1 aliphatic heterocycles. The van der Waals surface area contributed by atoms with E-state index in [0.717, 1.165) is 32.0 Å². The predicted octanol–water partition coefficient (Wildman–Crippen LogP) is 2.25. The minimum atomic E-state index is -0.672. The van der Waals surface area contributed by atoms with E-state index in [-0.39, 0.29) is 28.6 Å². The minimum absolute atomic E-state index is 0.154. The van der Waals surface area contributed by atoms with Gasteiger partial charge in [0.15, 0.2) is 11.5 Å². The fourth-order valence-electron chi connectivity index (χ4n) is 2.92. The quantitative estimate of drug-likeness (QED) is 0.605. The number of rotatable bonds is 6. The van der Waals surface area contributed by atoms with Gasteiger partial charge in [-0.3, -0.25) is 14.9 Å². The van der Waals surface area contributed by atoms with Crippen molar-refractivity contribution in [2.75, 3.05) is 37.5 Å². The highest BCUT2D eigenvalue weighted by atomic mass is 16.6. The molecule has 0 spiro atoms. The first-order valence-electron chi connectivity index (χ1n) is 8.32. The molecule has 3 rings (SSSR count). The van der Waals surface area contributed by atoms with Crippen LogP contribution in [0.1, 0.15) is 23.2 Å². The number of ether oxygens (including phenoxy) is 2. The Balaban J connectivity index is 1.89. The van der Waals surface area contributed by atoms with Crippen molar-refractivity contribution in [1.82, 2.24) is 9.97 Å². The highest BCUT2D eigenvalue weighted by Crippen LogP contribution is 2.34. The van der Waals surface area contributed by atoms with Gasteiger partial charge >= 0.3 is 0 Å². The Kier molecular flexibility index (Phi) is 5.34. The van der Waals surface area contributed by atoms with Gasteiger partial charge in [0, 0.05) is 25.2 Å². The molecule has 1 aromatic carbocycles. The molecule has 0 saturated carbocycles. The van der Waals surface area contributed by atoms with Gasteiger partial charge < -0.3 is 19.7 Å². The molecule has 142 valence electrons. The van der Waals surface area contributed by atoms with Crippen LogP contribution in [0.2, 0.25) is 0 Å². The van der Waals surface area contributed by atoms with Crippen molar-refractivity contribution in [3.8, 4) is 11.5 Å². The average molecular weight is 373 g/mol. The summed E-state index contributed by atoms with van der Waals surface area (Å²) in [5.74, 6) is 0.683. The highest BCUT2D eigenvalue weighted by molar-refractivity contribution is 6.07. The summed E-state index contributed by atoms with van der Waals surface area (Å²) in [5, 5.41) is 14.0. The SMILES string of the molecule is COc1cc(C(=O)Nc2cc(N3CCCC3)ncn2)c([N+](=O)[O-])cc1OC. The first-order chi connectivity index (χ1) is 13.0. The zero-order chi connectivity index (χ0) is 19.4. The van der Waals surface area contributed by atoms with Crippen LogP contribution >= 0.6 is 0 Å².